The van der Waals surface area contributed by atoms with Crippen molar-refractivity contribution in [1.82, 2.24) is 4.98 Å². The molecule has 5 heteroatoms. The maximum Gasteiger partial charge on any atom is 0.257 e. The predicted octanol–water partition coefficient (Wildman–Crippen LogP) is 3.50. The topological polar surface area (TPSA) is 60.5 Å². The molecule has 1 heterocycles. The van der Waals surface area contributed by atoms with Crippen LogP contribution in [-0.4, -0.2) is 25.1 Å². The quantitative estimate of drug-likeness (QED) is 0.801. The minimum Gasteiger partial charge on any atom is -0.497 e. The molecule has 0 atom stereocenters. The van der Waals surface area contributed by atoms with Crippen molar-refractivity contribution < 1.29 is 14.3 Å². The van der Waals surface area contributed by atoms with Crippen molar-refractivity contribution in [2.45, 2.75) is 0 Å². The first-order valence-electron chi connectivity index (χ1n) is 7.09. The Bertz CT molecular complexity index is 834. The number of benzene rings is 2. The third-order valence-electron chi connectivity index (χ3n) is 3.49. The molecule has 5 nitrogen and oxygen atoms in total. The zero-order valence-corrected chi connectivity index (χ0v) is 12.9. The van der Waals surface area contributed by atoms with E-state index in [2.05, 4.69) is 10.3 Å². The van der Waals surface area contributed by atoms with E-state index >= 15 is 0 Å². The molecule has 116 valence electrons. The van der Waals surface area contributed by atoms with Crippen molar-refractivity contribution in [3.63, 3.8) is 0 Å². The summed E-state index contributed by atoms with van der Waals surface area (Å²) < 4.78 is 10.4. The number of aromatic nitrogens is 1. The number of hydrogen-bond acceptors (Lipinski definition) is 4. The van der Waals surface area contributed by atoms with Crippen molar-refractivity contribution in [2.24, 2.45) is 0 Å². The molecule has 0 bridgehead atoms. The van der Waals surface area contributed by atoms with E-state index in [1.54, 1.807) is 44.7 Å². The van der Waals surface area contributed by atoms with Crippen LogP contribution in [-0.2, 0) is 0 Å². The minimum absolute atomic E-state index is 0.232. The summed E-state index contributed by atoms with van der Waals surface area (Å²) in [4.78, 5) is 16.9. The van der Waals surface area contributed by atoms with E-state index < -0.39 is 0 Å². The van der Waals surface area contributed by atoms with Gasteiger partial charge in [0.2, 0.25) is 0 Å². The molecule has 0 aliphatic carbocycles. The molecule has 1 aromatic heterocycles. The summed E-state index contributed by atoms with van der Waals surface area (Å²) >= 11 is 0. The molecule has 0 saturated heterocycles. The number of anilines is 1. The van der Waals surface area contributed by atoms with Gasteiger partial charge >= 0.3 is 0 Å². The molecule has 23 heavy (non-hydrogen) atoms. The number of amides is 1. The molecule has 0 aliphatic heterocycles. The van der Waals surface area contributed by atoms with Crippen LogP contribution in [0.2, 0.25) is 0 Å². The normalized spacial score (nSPS) is 10.3. The van der Waals surface area contributed by atoms with Crippen molar-refractivity contribution >= 4 is 22.5 Å². The molecular formula is C18H16N2O3. The molecular weight excluding hydrogens is 292 g/mol. The van der Waals surface area contributed by atoms with Gasteiger partial charge in [-0.1, -0.05) is 18.2 Å². The third kappa shape index (κ3) is 3.08. The smallest absolute Gasteiger partial charge is 0.257 e. The lowest BCUT2D eigenvalue weighted by Crippen LogP contribution is -2.13. The Morgan fingerprint density at radius 1 is 1.00 bits per heavy atom. The number of fused-ring (bicyclic) bond motifs is 1. The van der Waals surface area contributed by atoms with E-state index in [0.717, 1.165) is 5.39 Å². The van der Waals surface area contributed by atoms with Gasteiger partial charge in [0.15, 0.2) is 0 Å². The number of rotatable bonds is 4. The maximum absolute atomic E-state index is 12.6. The van der Waals surface area contributed by atoms with Crippen molar-refractivity contribution in [1.29, 1.82) is 0 Å². The highest BCUT2D eigenvalue weighted by molar-refractivity contribution is 6.11. The lowest BCUT2D eigenvalue weighted by atomic mass is 10.1. The van der Waals surface area contributed by atoms with Gasteiger partial charge in [0.1, 0.15) is 11.5 Å². The zero-order chi connectivity index (χ0) is 16.2. The minimum atomic E-state index is -0.232. The number of methoxy groups -OCH3 is 2. The summed E-state index contributed by atoms with van der Waals surface area (Å²) in [5, 5.41) is 3.78. The highest BCUT2D eigenvalue weighted by atomic mass is 16.5. The van der Waals surface area contributed by atoms with Crippen molar-refractivity contribution in [3.05, 3.63) is 60.3 Å². The van der Waals surface area contributed by atoms with Crippen LogP contribution in [0.15, 0.2) is 54.7 Å². The molecule has 0 fully saturated rings. The Hall–Kier alpha value is -3.08. The van der Waals surface area contributed by atoms with Crippen molar-refractivity contribution in [2.75, 3.05) is 19.5 Å². The third-order valence-corrected chi connectivity index (χ3v) is 3.49. The van der Waals surface area contributed by atoms with E-state index in [0.29, 0.717) is 28.3 Å². The number of nitrogens with zero attached hydrogens (tertiary/aromatic N) is 1. The van der Waals surface area contributed by atoms with Gasteiger partial charge in [-0.25, -0.2) is 0 Å². The maximum atomic E-state index is 12.6. The summed E-state index contributed by atoms with van der Waals surface area (Å²) in [6, 6.07) is 14.5. The highest BCUT2D eigenvalue weighted by Gasteiger charge is 2.12. The Morgan fingerprint density at radius 3 is 2.39 bits per heavy atom. The van der Waals surface area contributed by atoms with Crippen molar-refractivity contribution in [3.8, 4) is 11.5 Å². The number of hydrogen-bond donors (Lipinski definition) is 1. The van der Waals surface area contributed by atoms with Gasteiger partial charge in [-0.15, -0.1) is 0 Å². The molecule has 0 aliphatic rings. The van der Waals surface area contributed by atoms with Crippen LogP contribution in [0.1, 0.15) is 10.4 Å². The van der Waals surface area contributed by atoms with Crippen LogP contribution in [0.25, 0.3) is 10.9 Å². The Kier molecular flexibility index (Phi) is 4.10. The molecule has 0 unspecified atom stereocenters. The first kappa shape index (κ1) is 14.8. The lowest BCUT2D eigenvalue weighted by molar-refractivity contribution is 0.102. The van der Waals surface area contributed by atoms with E-state index in [-0.39, 0.29) is 5.91 Å². The predicted molar refractivity (Wildman–Crippen MR) is 89.2 cm³/mol. The Balaban J connectivity index is 1.95. The molecule has 1 amide bonds. The van der Waals surface area contributed by atoms with Crippen LogP contribution >= 0.6 is 0 Å². The zero-order valence-electron chi connectivity index (χ0n) is 12.9. The lowest BCUT2D eigenvalue weighted by Gasteiger charge is -2.10. The van der Waals surface area contributed by atoms with E-state index in [1.807, 2.05) is 24.3 Å². The summed E-state index contributed by atoms with van der Waals surface area (Å²) in [6.07, 6.45) is 1.67. The first-order valence-corrected chi connectivity index (χ1v) is 7.09. The molecule has 2 aromatic carbocycles. The van der Waals surface area contributed by atoms with Gasteiger partial charge in [-0.2, -0.15) is 0 Å². The van der Waals surface area contributed by atoms with Gasteiger partial charge in [-0.05, 0) is 12.1 Å². The van der Waals surface area contributed by atoms with Crippen LogP contribution in [0.5, 0.6) is 11.5 Å². The van der Waals surface area contributed by atoms with Crippen LogP contribution in [0, 0.1) is 0 Å². The first-order chi connectivity index (χ1) is 11.2. The van der Waals surface area contributed by atoms with Crippen LogP contribution in [0.3, 0.4) is 0 Å². The number of pyridine rings is 1. The average molecular weight is 308 g/mol. The number of carbonyl (C=O) groups excluding carboxylic acids is 1. The largest absolute Gasteiger partial charge is 0.497 e. The van der Waals surface area contributed by atoms with E-state index in [1.165, 1.54) is 0 Å². The fourth-order valence-corrected chi connectivity index (χ4v) is 2.37. The molecule has 3 rings (SSSR count). The van der Waals surface area contributed by atoms with Crippen LogP contribution < -0.4 is 14.8 Å². The molecule has 3 aromatic rings. The van der Waals surface area contributed by atoms with E-state index in [4.69, 9.17) is 9.47 Å². The monoisotopic (exact) mass is 308 g/mol. The van der Waals surface area contributed by atoms with Gasteiger partial charge in [0, 0.05) is 35.5 Å². The SMILES string of the molecule is COc1cc(NC(=O)c2cccc3cccnc23)cc(OC)c1. The second-order valence-electron chi connectivity index (χ2n) is 4.94. The fourth-order valence-electron chi connectivity index (χ4n) is 2.37. The second-order valence-corrected chi connectivity index (χ2v) is 4.94. The van der Waals surface area contributed by atoms with Gasteiger partial charge in [-0.3, -0.25) is 9.78 Å². The number of ether oxygens (including phenoxy) is 2. The Labute approximate surface area is 133 Å². The van der Waals surface area contributed by atoms with E-state index in [9.17, 15) is 4.79 Å². The molecule has 1 N–H and O–H groups in total. The molecule has 0 spiro atoms. The molecule has 0 radical (unpaired) electrons. The van der Waals surface area contributed by atoms with Crippen LogP contribution in [0.4, 0.5) is 5.69 Å². The van der Waals surface area contributed by atoms with Gasteiger partial charge < -0.3 is 14.8 Å². The Morgan fingerprint density at radius 2 is 1.70 bits per heavy atom. The van der Waals surface area contributed by atoms with Gasteiger partial charge in [0.25, 0.3) is 5.91 Å². The summed E-state index contributed by atoms with van der Waals surface area (Å²) in [5.74, 6) is 0.982. The number of carbonyl (C=O) groups is 1. The average Bonchev–Trinajstić information content (AvgIpc) is 2.60. The summed E-state index contributed by atoms with van der Waals surface area (Å²) in [6.45, 7) is 0. The molecule has 0 saturated carbocycles. The summed E-state index contributed by atoms with van der Waals surface area (Å²) in [7, 11) is 3.13. The second kappa shape index (κ2) is 6.36. The van der Waals surface area contributed by atoms with Gasteiger partial charge in [0.05, 0.1) is 25.3 Å². The number of para-hydroxylation sites is 1. The standard InChI is InChI=1S/C18H16N2O3/c1-22-14-9-13(10-15(11-14)23-2)20-18(21)16-7-3-5-12-6-4-8-19-17(12)16/h3-11H,1-2H3,(H,20,21). The fraction of sp³-hybridized carbons (Fsp3) is 0.111. The summed E-state index contributed by atoms with van der Waals surface area (Å²) in [5.41, 5.74) is 1.78. The highest BCUT2D eigenvalue weighted by Crippen LogP contribution is 2.26. The number of nitrogens with one attached hydrogen (secondary N) is 1.